The minimum atomic E-state index is -0.0860. The summed E-state index contributed by atoms with van der Waals surface area (Å²) in [6.45, 7) is 1.98. The molecule has 2 aromatic carbocycles. The Bertz CT molecular complexity index is 559. The predicted octanol–water partition coefficient (Wildman–Crippen LogP) is 4.44. The van der Waals surface area contributed by atoms with Gasteiger partial charge < -0.3 is 10.5 Å². The number of nitrogens with two attached hydrogens (primary N) is 1. The van der Waals surface area contributed by atoms with E-state index in [0.29, 0.717) is 5.02 Å². The van der Waals surface area contributed by atoms with Crippen molar-refractivity contribution in [3.8, 4) is 5.75 Å². The van der Waals surface area contributed by atoms with Crippen LogP contribution in [0.2, 0.25) is 5.02 Å². The van der Waals surface area contributed by atoms with E-state index in [0.717, 1.165) is 16.6 Å². The molecule has 0 aromatic heterocycles. The fraction of sp³-hybridized carbons (Fsp3) is 0.250. The van der Waals surface area contributed by atoms with Crippen LogP contribution in [0.5, 0.6) is 5.75 Å². The first kappa shape index (κ1) is 15.4. The van der Waals surface area contributed by atoms with Gasteiger partial charge in [0.25, 0.3) is 0 Å². The lowest BCUT2D eigenvalue weighted by molar-refractivity contribution is 0.189. The fourth-order valence-corrected chi connectivity index (χ4v) is 2.35. The summed E-state index contributed by atoms with van der Waals surface area (Å²) in [6, 6.07) is 15.5. The largest absolute Gasteiger partial charge is 0.489 e. The molecule has 106 valence electrons. The van der Waals surface area contributed by atoms with Gasteiger partial charge in [-0.15, -0.1) is 0 Å². The van der Waals surface area contributed by atoms with Crippen LogP contribution in [-0.2, 0) is 6.42 Å². The van der Waals surface area contributed by atoms with Crippen molar-refractivity contribution in [1.29, 1.82) is 0 Å². The van der Waals surface area contributed by atoms with Gasteiger partial charge in [-0.25, -0.2) is 0 Å². The SMILES string of the molecule is CC(Oc1cccc(Cl)c1)C(N)Cc1ccc(Br)cc1. The quantitative estimate of drug-likeness (QED) is 0.861. The highest BCUT2D eigenvalue weighted by Crippen LogP contribution is 2.19. The number of benzene rings is 2. The van der Waals surface area contributed by atoms with Crippen molar-refractivity contribution in [3.05, 3.63) is 63.6 Å². The van der Waals surface area contributed by atoms with Crippen LogP contribution in [0.25, 0.3) is 0 Å². The zero-order valence-electron chi connectivity index (χ0n) is 11.2. The summed E-state index contributed by atoms with van der Waals surface area (Å²) < 4.78 is 6.90. The Kier molecular flexibility index (Phi) is 5.46. The second-order valence-corrected chi connectivity index (χ2v) is 6.13. The molecular weight excluding hydrogens is 338 g/mol. The third-order valence-corrected chi connectivity index (χ3v) is 3.87. The maximum atomic E-state index is 6.20. The van der Waals surface area contributed by atoms with E-state index >= 15 is 0 Å². The molecule has 0 heterocycles. The van der Waals surface area contributed by atoms with Gasteiger partial charge in [-0.1, -0.05) is 45.7 Å². The molecule has 0 aliphatic rings. The molecule has 0 aliphatic heterocycles. The van der Waals surface area contributed by atoms with Crippen LogP contribution in [0.3, 0.4) is 0 Å². The highest BCUT2D eigenvalue weighted by Gasteiger charge is 2.15. The topological polar surface area (TPSA) is 35.2 Å². The molecule has 0 saturated carbocycles. The Hall–Kier alpha value is -1.03. The molecule has 0 bridgehead atoms. The number of halogens is 2. The molecule has 2 N–H and O–H groups in total. The van der Waals surface area contributed by atoms with Crippen LogP contribution in [0.4, 0.5) is 0 Å². The average molecular weight is 355 g/mol. The van der Waals surface area contributed by atoms with Crippen LogP contribution < -0.4 is 10.5 Å². The summed E-state index contributed by atoms with van der Waals surface area (Å²) in [6.07, 6.45) is 0.687. The molecule has 0 fully saturated rings. The highest BCUT2D eigenvalue weighted by molar-refractivity contribution is 9.10. The van der Waals surface area contributed by atoms with Crippen molar-refractivity contribution >= 4 is 27.5 Å². The summed E-state index contributed by atoms with van der Waals surface area (Å²) in [5.41, 5.74) is 7.40. The molecule has 0 saturated heterocycles. The standard InChI is InChI=1S/C16H17BrClNO/c1-11(20-15-4-2-3-14(18)10-15)16(19)9-12-5-7-13(17)8-6-12/h2-8,10-11,16H,9,19H2,1H3. The van der Waals surface area contributed by atoms with Gasteiger partial charge in [0.15, 0.2) is 0 Å². The third-order valence-electron chi connectivity index (χ3n) is 3.11. The lowest BCUT2D eigenvalue weighted by Gasteiger charge is -2.21. The van der Waals surface area contributed by atoms with Gasteiger partial charge in [0.05, 0.1) is 0 Å². The van der Waals surface area contributed by atoms with E-state index in [1.807, 2.05) is 37.3 Å². The van der Waals surface area contributed by atoms with E-state index in [-0.39, 0.29) is 12.1 Å². The predicted molar refractivity (Wildman–Crippen MR) is 87.4 cm³/mol. The number of hydrogen-bond donors (Lipinski definition) is 1. The molecule has 20 heavy (non-hydrogen) atoms. The van der Waals surface area contributed by atoms with Crippen LogP contribution in [0, 0.1) is 0 Å². The molecule has 0 radical (unpaired) electrons. The molecule has 0 spiro atoms. The summed E-state index contributed by atoms with van der Waals surface area (Å²) in [5.74, 6) is 0.747. The minimum absolute atomic E-state index is 0.0739. The van der Waals surface area contributed by atoms with Crippen molar-refractivity contribution in [2.24, 2.45) is 5.73 Å². The Morgan fingerprint density at radius 3 is 2.55 bits per heavy atom. The van der Waals surface area contributed by atoms with Crippen molar-refractivity contribution in [2.75, 3.05) is 0 Å². The summed E-state index contributed by atoms with van der Waals surface area (Å²) >= 11 is 9.36. The van der Waals surface area contributed by atoms with Crippen LogP contribution in [0.1, 0.15) is 12.5 Å². The number of hydrogen-bond acceptors (Lipinski definition) is 2. The van der Waals surface area contributed by atoms with E-state index in [2.05, 4.69) is 28.1 Å². The van der Waals surface area contributed by atoms with Crippen LogP contribution in [-0.4, -0.2) is 12.1 Å². The molecule has 2 unspecified atom stereocenters. The molecular formula is C16H17BrClNO. The van der Waals surface area contributed by atoms with Gasteiger partial charge in [-0.2, -0.15) is 0 Å². The Labute approximate surface area is 133 Å². The van der Waals surface area contributed by atoms with E-state index in [9.17, 15) is 0 Å². The first-order chi connectivity index (χ1) is 9.54. The monoisotopic (exact) mass is 353 g/mol. The molecule has 2 aromatic rings. The van der Waals surface area contributed by atoms with Gasteiger partial charge in [0, 0.05) is 15.5 Å². The molecule has 0 amide bonds. The second-order valence-electron chi connectivity index (χ2n) is 4.77. The van der Waals surface area contributed by atoms with Crippen molar-refractivity contribution in [2.45, 2.75) is 25.5 Å². The third kappa shape index (κ3) is 4.51. The number of ether oxygens (including phenoxy) is 1. The lowest BCUT2D eigenvalue weighted by atomic mass is 10.0. The summed E-state index contributed by atoms with van der Waals surface area (Å²) in [4.78, 5) is 0. The van der Waals surface area contributed by atoms with Crippen LogP contribution in [0.15, 0.2) is 53.0 Å². The minimum Gasteiger partial charge on any atom is -0.489 e. The van der Waals surface area contributed by atoms with Gasteiger partial charge in [0.2, 0.25) is 0 Å². The zero-order valence-corrected chi connectivity index (χ0v) is 13.6. The summed E-state index contributed by atoms with van der Waals surface area (Å²) in [7, 11) is 0. The normalized spacial score (nSPS) is 13.8. The van der Waals surface area contributed by atoms with Gasteiger partial charge in [-0.05, 0) is 49.2 Å². The van der Waals surface area contributed by atoms with Gasteiger partial charge in [0.1, 0.15) is 11.9 Å². The number of rotatable bonds is 5. The second kappa shape index (κ2) is 7.11. The van der Waals surface area contributed by atoms with Crippen molar-refractivity contribution in [1.82, 2.24) is 0 Å². The lowest BCUT2D eigenvalue weighted by Crippen LogP contribution is -2.38. The van der Waals surface area contributed by atoms with Gasteiger partial charge >= 0.3 is 0 Å². The zero-order chi connectivity index (χ0) is 14.5. The smallest absolute Gasteiger partial charge is 0.121 e. The summed E-state index contributed by atoms with van der Waals surface area (Å²) in [5, 5.41) is 0.663. The Morgan fingerprint density at radius 1 is 1.20 bits per heavy atom. The maximum absolute atomic E-state index is 6.20. The van der Waals surface area contributed by atoms with E-state index in [1.165, 1.54) is 5.56 Å². The first-order valence-corrected chi connectivity index (χ1v) is 7.64. The fourth-order valence-electron chi connectivity index (χ4n) is 1.90. The van der Waals surface area contributed by atoms with Crippen molar-refractivity contribution in [3.63, 3.8) is 0 Å². The Morgan fingerprint density at radius 2 is 1.90 bits per heavy atom. The Balaban J connectivity index is 1.94. The molecule has 0 aliphatic carbocycles. The first-order valence-electron chi connectivity index (χ1n) is 6.47. The van der Waals surface area contributed by atoms with E-state index < -0.39 is 0 Å². The highest BCUT2D eigenvalue weighted by atomic mass is 79.9. The molecule has 4 heteroatoms. The molecule has 2 rings (SSSR count). The van der Waals surface area contributed by atoms with Gasteiger partial charge in [-0.3, -0.25) is 0 Å². The molecule has 2 nitrogen and oxygen atoms in total. The average Bonchev–Trinajstić information content (AvgIpc) is 2.41. The maximum Gasteiger partial charge on any atom is 0.121 e. The van der Waals surface area contributed by atoms with E-state index in [4.69, 9.17) is 22.1 Å². The van der Waals surface area contributed by atoms with Crippen LogP contribution >= 0.6 is 27.5 Å². The van der Waals surface area contributed by atoms with Crippen molar-refractivity contribution < 1.29 is 4.74 Å². The van der Waals surface area contributed by atoms with E-state index in [1.54, 1.807) is 6.07 Å². The molecule has 2 atom stereocenters.